The Kier molecular flexibility index (Phi) is 18.1. The molecule has 4 heterocycles. The number of nitrogens with zero attached hydrogens (tertiary/aromatic N) is 2. The van der Waals surface area contributed by atoms with Gasteiger partial charge in [0.25, 0.3) is 11.8 Å². The van der Waals surface area contributed by atoms with Crippen LogP contribution in [0.5, 0.6) is 11.5 Å². The van der Waals surface area contributed by atoms with Gasteiger partial charge in [-0.15, -0.1) is 0 Å². The number of anilines is 2. The van der Waals surface area contributed by atoms with Gasteiger partial charge < -0.3 is 42.2 Å². The standard InChI is InChI=1S/C25H30Cl2N4O3.C24H28Cl2N4O3/c26-17-3-1-16(2-4-17)14-31-20-6-7-21(31)13-19(12-20)29-25(33)15-34-23-8-5-18(27)11-22(23)30-24(32)9-10-28;25-16-3-1-15(2-4-16)13-30-19-6-7-20(30)11-18(10-19)28-24(32)14-33-22-8-5-17(26)9-21(22)29-23(31)12-27/h1-5,8,11,19-21H,6-7,9-10,12-15,28H2,(H,29,33)(H,30,32);1-5,8-9,18-20H,6-7,10-14,27H2,(H,28,32)(H,29,31)/t19?,20-,21+;18?,19-,20+. The molecule has 0 radical (unpaired) electrons. The number of fused-ring (bicyclic) bond motifs is 4. The van der Waals surface area contributed by atoms with Crippen LogP contribution in [-0.2, 0) is 32.3 Å². The second-order valence-corrected chi connectivity index (χ2v) is 19.3. The minimum atomic E-state index is -0.368. The first-order valence-electron chi connectivity index (χ1n) is 22.8. The molecule has 2 unspecified atom stereocenters. The summed E-state index contributed by atoms with van der Waals surface area (Å²) in [5, 5.41) is 14.0. The Morgan fingerprint density at radius 3 is 1.27 bits per heavy atom. The van der Waals surface area contributed by atoms with Crippen molar-refractivity contribution in [2.24, 2.45) is 11.5 Å². The zero-order chi connectivity index (χ0) is 47.5. The van der Waals surface area contributed by atoms with Gasteiger partial charge in [0.2, 0.25) is 11.8 Å². The smallest absolute Gasteiger partial charge is 0.258 e. The normalized spacial score (nSPS) is 21.9. The number of hydrogen-bond donors (Lipinski definition) is 6. The summed E-state index contributed by atoms with van der Waals surface area (Å²) in [6.07, 6.45) is 8.49. The molecule has 6 atom stereocenters. The molecule has 358 valence electrons. The van der Waals surface area contributed by atoms with Gasteiger partial charge in [-0.3, -0.25) is 29.0 Å². The number of ether oxygens (including phenoxy) is 2. The maximum atomic E-state index is 12.6. The molecule has 4 bridgehead atoms. The number of amides is 4. The van der Waals surface area contributed by atoms with E-state index in [-0.39, 0.29) is 68.4 Å². The fourth-order valence-corrected chi connectivity index (χ4v) is 10.3. The van der Waals surface area contributed by atoms with E-state index in [1.807, 2.05) is 24.3 Å². The van der Waals surface area contributed by atoms with Crippen molar-refractivity contribution in [3.05, 3.63) is 116 Å². The number of piperidine rings is 2. The van der Waals surface area contributed by atoms with Crippen molar-refractivity contribution in [3.8, 4) is 11.5 Å². The van der Waals surface area contributed by atoms with Crippen molar-refractivity contribution >= 4 is 81.4 Å². The second-order valence-electron chi connectivity index (χ2n) is 17.5. The average molecular weight is 997 g/mol. The number of carbonyl (C=O) groups excluding carboxylic acids is 4. The molecule has 4 aliphatic rings. The van der Waals surface area contributed by atoms with Gasteiger partial charge in [0.15, 0.2) is 13.2 Å². The highest BCUT2D eigenvalue weighted by Gasteiger charge is 2.42. The molecule has 18 heteroatoms. The maximum Gasteiger partial charge on any atom is 0.258 e. The Labute approximate surface area is 411 Å². The molecule has 0 spiro atoms. The van der Waals surface area contributed by atoms with Gasteiger partial charge >= 0.3 is 0 Å². The Morgan fingerprint density at radius 2 is 0.896 bits per heavy atom. The van der Waals surface area contributed by atoms with E-state index in [0.29, 0.717) is 57.1 Å². The predicted octanol–water partition coefficient (Wildman–Crippen LogP) is 7.55. The number of hydrogen-bond acceptors (Lipinski definition) is 10. The van der Waals surface area contributed by atoms with Crippen LogP contribution in [0.4, 0.5) is 11.4 Å². The zero-order valence-electron chi connectivity index (χ0n) is 37.2. The third-order valence-electron chi connectivity index (χ3n) is 12.8. The summed E-state index contributed by atoms with van der Waals surface area (Å²) in [6, 6.07) is 27.8. The summed E-state index contributed by atoms with van der Waals surface area (Å²) in [6.45, 7) is 1.61. The highest BCUT2D eigenvalue weighted by Crippen LogP contribution is 2.39. The van der Waals surface area contributed by atoms with Crippen LogP contribution in [0, 0.1) is 0 Å². The molecule has 4 aromatic rings. The second kappa shape index (κ2) is 24.1. The fraction of sp³-hybridized carbons (Fsp3) is 0.429. The molecular weight excluding hydrogens is 938 g/mol. The first kappa shape index (κ1) is 50.2. The monoisotopic (exact) mass is 994 g/mol. The molecular formula is C49H58Cl4N8O6. The van der Waals surface area contributed by atoms with Gasteiger partial charge in [-0.05, 0) is 123 Å². The molecule has 14 nitrogen and oxygen atoms in total. The van der Waals surface area contributed by atoms with Gasteiger partial charge in [0.1, 0.15) is 11.5 Å². The van der Waals surface area contributed by atoms with E-state index in [2.05, 4.69) is 55.3 Å². The third kappa shape index (κ3) is 14.4. The summed E-state index contributed by atoms with van der Waals surface area (Å²) >= 11 is 24.1. The zero-order valence-corrected chi connectivity index (χ0v) is 40.2. The number of benzene rings is 4. The van der Waals surface area contributed by atoms with E-state index < -0.39 is 0 Å². The third-order valence-corrected chi connectivity index (χ3v) is 13.7. The van der Waals surface area contributed by atoms with Gasteiger partial charge in [-0.2, -0.15) is 0 Å². The van der Waals surface area contributed by atoms with E-state index in [0.717, 1.165) is 74.5 Å². The lowest BCUT2D eigenvalue weighted by Gasteiger charge is -2.39. The summed E-state index contributed by atoms with van der Waals surface area (Å²) in [5.41, 5.74) is 14.1. The van der Waals surface area contributed by atoms with E-state index in [9.17, 15) is 19.2 Å². The average Bonchev–Trinajstić information content (AvgIpc) is 3.66. The van der Waals surface area contributed by atoms with E-state index in [1.165, 1.54) is 11.1 Å². The molecule has 4 aliphatic heterocycles. The van der Waals surface area contributed by atoms with Crippen molar-refractivity contribution in [3.63, 3.8) is 0 Å². The molecule has 8 rings (SSSR count). The lowest BCUT2D eigenvalue weighted by atomic mass is 9.96. The van der Waals surface area contributed by atoms with Gasteiger partial charge in [0.05, 0.1) is 17.9 Å². The van der Waals surface area contributed by atoms with Crippen LogP contribution in [0.2, 0.25) is 20.1 Å². The Hall–Kier alpha value is -4.64. The summed E-state index contributed by atoms with van der Waals surface area (Å²) in [7, 11) is 0. The largest absolute Gasteiger partial charge is 0.482 e. The number of halogens is 4. The number of carbonyl (C=O) groups is 4. The molecule has 0 aliphatic carbocycles. The molecule has 4 saturated heterocycles. The minimum absolute atomic E-state index is 0.127. The van der Waals surface area contributed by atoms with Crippen molar-refractivity contribution < 1.29 is 28.7 Å². The molecule has 0 saturated carbocycles. The van der Waals surface area contributed by atoms with Crippen molar-refractivity contribution in [1.82, 2.24) is 20.4 Å². The minimum Gasteiger partial charge on any atom is -0.482 e. The topological polar surface area (TPSA) is 193 Å². The van der Waals surface area contributed by atoms with Gasteiger partial charge in [-0.25, -0.2) is 0 Å². The highest BCUT2D eigenvalue weighted by atomic mass is 35.5. The van der Waals surface area contributed by atoms with Gasteiger partial charge in [-0.1, -0.05) is 70.7 Å². The van der Waals surface area contributed by atoms with Crippen LogP contribution in [0.1, 0.15) is 68.9 Å². The lowest BCUT2D eigenvalue weighted by Crippen LogP contribution is -2.50. The first-order chi connectivity index (χ1) is 32.3. The fourth-order valence-electron chi connectivity index (χ4n) is 9.72. The first-order valence-corrected chi connectivity index (χ1v) is 24.3. The number of nitrogens with one attached hydrogen (secondary N) is 4. The molecule has 0 aromatic heterocycles. The summed E-state index contributed by atoms with van der Waals surface area (Å²) < 4.78 is 11.4. The van der Waals surface area contributed by atoms with Crippen molar-refractivity contribution in [1.29, 1.82) is 0 Å². The maximum absolute atomic E-state index is 12.6. The summed E-state index contributed by atoms with van der Waals surface area (Å²) in [5.74, 6) is -0.203. The van der Waals surface area contributed by atoms with E-state index in [1.54, 1.807) is 36.4 Å². The molecule has 4 amide bonds. The SMILES string of the molecule is NCC(=O)Nc1cc(Cl)ccc1OCC(=O)NC1C[C@H]2CC[C@@H](C1)N2Cc1ccc(Cl)cc1.NCCC(=O)Nc1cc(Cl)ccc1OCC(=O)NC1C[C@H]2CC[C@@H](C1)N2Cc1ccc(Cl)cc1. The number of rotatable bonds is 17. The predicted molar refractivity (Wildman–Crippen MR) is 264 cm³/mol. The van der Waals surface area contributed by atoms with Crippen LogP contribution in [0.25, 0.3) is 0 Å². The quantitative estimate of drug-likeness (QED) is 0.0616. The summed E-state index contributed by atoms with van der Waals surface area (Å²) in [4.78, 5) is 53.9. The van der Waals surface area contributed by atoms with Crippen LogP contribution < -0.4 is 42.2 Å². The molecule has 8 N–H and O–H groups in total. The Bertz CT molecular complexity index is 2320. The van der Waals surface area contributed by atoms with E-state index >= 15 is 0 Å². The Morgan fingerprint density at radius 1 is 0.522 bits per heavy atom. The van der Waals surface area contributed by atoms with Crippen LogP contribution in [0.15, 0.2) is 84.9 Å². The van der Waals surface area contributed by atoms with E-state index in [4.69, 9.17) is 67.3 Å². The highest BCUT2D eigenvalue weighted by molar-refractivity contribution is 6.31. The number of nitrogens with two attached hydrogens (primary N) is 2. The molecule has 4 aromatic carbocycles. The van der Waals surface area contributed by atoms with Crippen molar-refractivity contribution in [2.75, 3.05) is 36.9 Å². The van der Waals surface area contributed by atoms with Crippen molar-refractivity contribution in [2.45, 2.75) is 107 Å². The van der Waals surface area contributed by atoms with Crippen LogP contribution in [-0.4, -0.2) is 96.0 Å². The van der Waals surface area contributed by atoms with Gasteiger partial charge in [0, 0.05) is 82.4 Å². The molecule has 67 heavy (non-hydrogen) atoms. The van der Waals surface area contributed by atoms with Crippen LogP contribution in [0.3, 0.4) is 0 Å². The Balaban J connectivity index is 0.000000199. The lowest BCUT2D eigenvalue weighted by molar-refractivity contribution is -0.125. The molecule has 4 fully saturated rings. The van der Waals surface area contributed by atoms with Crippen LogP contribution >= 0.6 is 46.4 Å².